The highest BCUT2D eigenvalue weighted by Gasteiger charge is 2.33. The van der Waals surface area contributed by atoms with Crippen molar-refractivity contribution in [1.29, 1.82) is 5.26 Å². The zero-order valence-electron chi connectivity index (χ0n) is 17.8. The van der Waals surface area contributed by atoms with E-state index in [1.807, 2.05) is 24.3 Å². The van der Waals surface area contributed by atoms with E-state index in [0.29, 0.717) is 22.4 Å². The molecule has 3 heterocycles. The van der Waals surface area contributed by atoms with Crippen LogP contribution in [0.5, 0.6) is 11.6 Å². The summed E-state index contributed by atoms with van der Waals surface area (Å²) in [5, 5.41) is 14.2. The highest BCUT2D eigenvalue weighted by molar-refractivity contribution is 6.30. The lowest BCUT2D eigenvalue weighted by Crippen LogP contribution is -2.22. The van der Waals surface area contributed by atoms with E-state index >= 15 is 0 Å². The first kappa shape index (κ1) is 20.3. The number of benzene rings is 2. The Bertz CT molecular complexity index is 1340. The van der Waals surface area contributed by atoms with Crippen LogP contribution >= 0.6 is 11.6 Å². The van der Waals surface area contributed by atoms with Gasteiger partial charge in [0, 0.05) is 41.3 Å². The van der Waals surface area contributed by atoms with Gasteiger partial charge in [0.25, 0.3) is 0 Å². The molecule has 0 bridgehead atoms. The lowest BCUT2D eigenvalue weighted by molar-refractivity contribution is 0.432. The number of rotatable bonds is 5. The number of nitriles is 1. The Kier molecular flexibility index (Phi) is 5.16. The third-order valence-electron chi connectivity index (χ3n) is 5.80. The first-order valence-corrected chi connectivity index (χ1v) is 10.9. The summed E-state index contributed by atoms with van der Waals surface area (Å²) in [6.07, 6.45) is 1.72. The van der Waals surface area contributed by atoms with Gasteiger partial charge in [0.05, 0.1) is 18.1 Å². The standard InChI is InChI=1S/C24H21ClN6O/c1-3-30(4-2)17-9-10-18-19(13-17)32-24-22(21(18)15-5-7-16(25)8-6-15)23-28-20(11-12-26)29-31(23)14-27-24/h5-10,13-14,21H,3-4,11H2,1-2H3. The average molecular weight is 445 g/mol. The number of hydrogen-bond donors (Lipinski definition) is 0. The Morgan fingerprint density at radius 3 is 2.66 bits per heavy atom. The molecule has 8 heteroatoms. The molecule has 5 rings (SSSR count). The van der Waals surface area contributed by atoms with Crippen molar-refractivity contribution in [1.82, 2.24) is 19.6 Å². The molecule has 4 aromatic rings. The number of halogens is 1. The molecule has 0 saturated heterocycles. The van der Waals surface area contributed by atoms with Crippen molar-refractivity contribution >= 4 is 22.9 Å². The predicted molar refractivity (Wildman–Crippen MR) is 123 cm³/mol. The lowest BCUT2D eigenvalue weighted by Gasteiger charge is -2.29. The van der Waals surface area contributed by atoms with Crippen LogP contribution in [0.25, 0.3) is 5.65 Å². The van der Waals surface area contributed by atoms with Crippen molar-refractivity contribution in [2.24, 2.45) is 0 Å². The smallest absolute Gasteiger partial charge is 0.228 e. The van der Waals surface area contributed by atoms with Gasteiger partial charge < -0.3 is 9.64 Å². The molecule has 0 amide bonds. The molecule has 160 valence electrons. The van der Waals surface area contributed by atoms with Crippen molar-refractivity contribution in [3.63, 3.8) is 0 Å². The molecule has 1 aliphatic rings. The van der Waals surface area contributed by atoms with Gasteiger partial charge in [-0.3, -0.25) is 0 Å². The van der Waals surface area contributed by atoms with Crippen LogP contribution in [0.15, 0.2) is 48.8 Å². The number of aromatic nitrogens is 4. The van der Waals surface area contributed by atoms with Crippen LogP contribution in [0, 0.1) is 11.3 Å². The molecule has 0 spiro atoms. The SMILES string of the molecule is CCN(CC)c1ccc2c(c1)Oc1ncn3nc(CC#N)nc3c1C2c1ccc(Cl)cc1. The Morgan fingerprint density at radius 1 is 1.16 bits per heavy atom. The number of nitrogens with zero attached hydrogens (tertiary/aromatic N) is 6. The van der Waals surface area contributed by atoms with Crippen LogP contribution in [-0.2, 0) is 6.42 Å². The van der Waals surface area contributed by atoms with Crippen LogP contribution in [0.1, 0.15) is 42.3 Å². The predicted octanol–water partition coefficient (Wildman–Crippen LogP) is 4.98. The van der Waals surface area contributed by atoms with Crippen LogP contribution < -0.4 is 9.64 Å². The zero-order chi connectivity index (χ0) is 22.2. The van der Waals surface area contributed by atoms with Crippen molar-refractivity contribution < 1.29 is 4.74 Å². The number of ether oxygens (including phenoxy) is 1. The maximum Gasteiger partial charge on any atom is 0.228 e. The van der Waals surface area contributed by atoms with Gasteiger partial charge in [-0.15, -0.1) is 5.10 Å². The highest BCUT2D eigenvalue weighted by atomic mass is 35.5. The van der Waals surface area contributed by atoms with Gasteiger partial charge in [-0.05, 0) is 37.6 Å². The van der Waals surface area contributed by atoms with Gasteiger partial charge >= 0.3 is 0 Å². The number of fused-ring (bicyclic) bond motifs is 4. The van der Waals surface area contributed by atoms with E-state index in [2.05, 4.69) is 58.1 Å². The Morgan fingerprint density at radius 2 is 1.94 bits per heavy atom. The lowest BCUT2D eigenvalue weighted by atomic mass is 9.84. The summed E-state index contributed by atoms with van der Waals surface area (Å²) < 4.78 is 7.92. The van der Waals surface area contributed by atoms with E-state index < -0.39 is 0 Å². The minimum atomic E-state index is -0.160. The molecule has 0 saturated carbocycles. The van der Waals surface area contributed by atoms with Crippen molar-refractivity contribution in [3.05, 3.63) is 76.3 Å². The van der Waals surface area contributed by atoms with Crippen molar-refractivity contribution in [3.8, 4) is 17.7 Å². The average Bonchev–Trinajstić information content (AvgIpc) is 3.22. The van der Waals surface area contributed by atoms with Crippen molar-refractivity contribution in [2.75, 3.05) is 18.0 Å². The molecule has 1 aliphatic heterocycles. The monoisotopic (exact) mass is 444 g/mol. The second-order valence-electron chi connectivity index (χ2n) is 7.58. The second kappa shape index (κ2) is 8.13. The maximum absolute atomic E-state index is 9.08. The topological polar surface area (TPSA) is 79.3 Å². The molecule has 7 nitrogen and oxygen atoms in total. The van der Waals surface area contributed by atoms with E-state index in [1.165, 1.54) is 0 Å². The fourth-order valence-corrected chi connectivity index (χ4v) is 4.41. The van der Waals surface area contributed by atoms with Crippen LogP contribution in [0.3, 0.4) is 0 Å². The van der Waals surface area contributed by atoms with Gasteiger partial charge in [-0.25, -0.2) is 14.5 Å². The number of hydrogen-bond acceptors (Lipinski definition) is 6. The molecule has 2 aromatic heterocycles. The summed E-state index contributed by atoms with van der Waals surface area (Å²) in [6.45, 7) is 6.09. The zero-order valence-corrected chi connectivity index (χ0v) is 18.5. The maximum atomic E-state index is 9.08. The summed E-state index contributed by atoms with van der Waals surface area (Å²) in [5.74, 6) is 1.57. The molecule has 1 unspecified atom stereocenters. The third-order valence-corrected chi connectivity index (χ3v) is 6.06. The van der Waals surface area contributed by atoms with Crippen LogP contribution in [-0.4, -0.2) is 32.7 Å². The fraction of sp³-hybridized carbons (Fsp3) is 0.250. The van der Waals surface area contributed by atoms with E-state index in [1.54, 1.807) is 10.8 Å². The largest absolute Gasteiger partial charge is 0.438 e. The summed E-state index contributed by atoms with van der Waals surface area (Å²) in [4.78, 5) is 11.5. The normalized spacial score (nSPS) is 14.4. The van der Waals surface area contributed by atoms with Crippen LogP contribution in [0.4, 0.5) is 5.69 Å². The third kappa shape index (κ3) is 3.33. The molecule has 0 aliphatic carbocycles. The van der Waals surface area contributed by atoms with Crippen LogP contribution in [0.2, 0.25) is 5.02 Å². The summed E-state index contributed by atoms with van der Waals surface area (Å²) in [6, 6.07) is 16.2. The first-order valence-electron chi connectivity index (χ1n) is 10.6. The minimum Gasteiger partial charge on any atom is -0.438 e. The number of anilines is 1. The summed E-state index contributed by atoms with van der Waals surface area (Å²) in [5.41, 5.74) is 4.64. The Balaban J connectivity index is 1.73. The molecule has 1 atom stereocenters. The van der Waals surface area contributed by atoms with E-state index in [4.69, 9.17) is 21.6 Å². The first-order chi connectivity index (χ1) is 15.6. The molecule has 32 heavy (non-hydrogen) atoms. The quantitative estimate of drug-likeness (QED) is 0.380. The van der Waals surface area contributed by atoms with E-state index in [9.17, 15) is 0 Å². The van der Waals surface area contributed by atoms with E-state index in [0.717, 1.165) is 41.2 Å². The van der Waals surface area contributed by atoms with Gasteiger partial charge in [0.1, 0.15) is 12.1 Å². The molecular weight excluding hydrogens is 424 g/mol. The molecular formula is C24H21ClN6O. The van der Waals surface area contributed by atoms with Crippen molar-refractivity contribution in [2.45, 2.75) is 26.2 Å². The molecule has 0 N–H and O–H groups in total. The molecule has 0 fully saturated rings. The summed E-state index contributed by atoms with van der Waals surface area (Å²) in [7, 11) is 0. The second-order valence-corrected chi connectivity index (χ2v) is 8.01. The Hall–Kier alpha value is -3.63. The fourth-order valence-electron chi connectivity index (χ4n) is 4.28. The molecule has 0 radical (unpaired) electrons. The van der Waals surface area contributed by atoms with Gasteiger partial charge in [0.15, 0.2) is 11.5 Å². The highest BCUT2D eigenvalue weighted by Crippen LogP contribution is 2.48. The van der Waals surface area contributed by atoms with Gasteiger partial charge in [0.2, 0.25) is 5.88 Å². The minimum absolute atomic E-state index is 0.132. The van der Waals surface area contributed by atoms with E-state index in [-0.39, 0.29) is 12.3 Å². The van der Waals surface area contributed by atoms with Gasteiger partial charge in [-0.1, -0.05) is 29.8 Å². The summed E-state index contributed by atoms with van der Waals surface area (Å²) >= 11 is 6.17. The molecule has 2 aromatic carbocycles. The Labute approximate surface area is 190 Å². The van der Waals surface area contributed by atoms with Gasteiger partial charge in [-0.2, -0.15) is 5.26 Å².